The summed E-state index contributed by atoms with van der Waals surface area (Å²) in [6, 6.07) is 14.9. The van der Waals surface area contributed by atoms with Crippen LogP contribution in [0, 0.1) is 11.8 Å². The molecule has 0 heterocycles. The van der Waals surface area contributed by atoms with Gasteiger partial charge in [-0.1, -0.05) is 36.1 Å². The highest BCUT2D eigenvalue weighted by atomic mass is 32.2. The Hall–Kier alpha value is -3.04. The van der Waals surface area contributed by atoms with Crippen LogP contribution >= 0.6 is 0 Å². The Morgan fingerprint density at radius 2 is 1.88 bits per heavy atom. The van der Waals surface area contributed by atoms with E-state index in [4.69, 9.17) is 0 Å². The lowest BCUT2D eigenvalue weighted by atomic mass is 10.2. The first-order chi connectivity index (χ1) is 11.5. The number of rotatable bonds is 4. The lowest BCUT2D eigenvalue weighted by Gasteiger charge is -2.08. The summed E-state index contributed by atoms with van der Waals surface area (Å²) in [5.41, 5.74) is 0.996. The average Bonchev–Trinajstić information content (AvgIpc) is 2.59. The summed E-state index contributed by atoms with van der Waals surface area (Å²) in [4.78, 5) is 11.0. The minimum atomic E-state index is -3.69. The smallest absolute Gasteiger partial charge is 0.331 e. The molecule has 24 heavy (non-hydrogen) atoms. The molecule has 6 heteroatoms. The van der Waals surface area contributed by atoms with Gasteiger partial charge < -0.3 is 4.74 Å². The monoisotopic (exact) mass is 341 g/mol. The molecular formula is C18H15NO4S. The van der Waals surface area contributed by atoms with Crippen LogP contribution in [0.4, 0.5) is 5.69 Å². The second-order valence-corrected chi connectivity index (χ2v) is 6.31. The molecule has 2 aromatic rings. The lowest BCUT2D eigenvalue weighted by Crippen LogP contribution is -2.12. The molecule has 0 aromatic heterocycles. The predicted molar refractivity (Wildman–Crippen MR) is 91.7 cm³/mol. The third-order valence-electron chi connectivity index (χ3n) is 2.89. The van der Waals surface area contributed by atoms with E-state index in [-0.39, 0.29) is 4.90 Å². The molecule has 0 spiro atoms. The SMILES string of the molecule is COC(=O)/C=C/C#Cc1cccc(S(=O)(=O)Nc2ccccc2)c1. The number of methoxy groups -OCH3 is 1. The largest absolute Gasteiger partial charge is 0.466 e. The number of nitrogens with one attached hydrogen (secondary N) is 1. The van der Waals surface area contributed by atoms with E-state index in [1.807, 2.05) is 0 Å². The van der Waals surface area contributed by atoms with Crippen LogP contribution in [0.5, 0.6) is 0 Å². The fourth-order valence-electron chi connectivity index (χ4n) is 1.76. The molecule has 1 N–H and O–H groups in total. The maximum absolute atomic E-state index is 12.4. The van der Waals surface area contributed by atoms with Gasteiger partial charge in [-0.25, -0.2) is 13.2 Å². The van der Waals surface area contributed by atoms with Crippen LogP contribution in [0.3, 0.4) is 0 Å². The maximum atomic E-state index is 12.4. The first-order valence-electron chi connectivity index (χ1n) is 6.95. The summed E-state index contributed by atoms with van der Waals surface area (Å²) in [6.07, 6.45) is 2.53. The first-order valence-corrected chi connectivity index (χ1v) is 8.43. The number of esters is 1. The van der Waals surface area contributed by atoms with Gasteiger partial charge in [0.15, 0.2) is 0 Å². The van der Waals surface area contributed by atoms with Gasteiger partial charge in [-0.05, 0) is 36.4 Å². The highest BCUT2D eigenvalue weighted by molar-refractivity contribution is 7.92. The zero-order chi connectivity index (χ0) is 17.4. The predicted octanol–water partition coefficient (Wildman–Crippen LogP) is 2.57. The van der Waals surface area contributed by atoms with E-state index in [0.29, 0.717) is 11.3 Å². The van der Waals surface area contributed by atoms with Gasteiger partial charge in [0.2, 0.25) is 0 Å². The van der Waals surface area contributed by atoms with E-state index in [2.05, 4.69) is 21.3 Å². The van der Waals surface area contributed by atoms with Gasteiger partial charge in [0, 0.05) is 17.3 Å². The van der Waals surface area contributed by atoms with Crippen molar-refractivity contribution in [1.82, 2.24) is 0 Å². The van der Waals surface area contributed by atoms with Crippen LogP contribution in [0.25, 0.3) is 0 Å². The van der Waals surface area contributed by atoms with Crippen molar-refractivity contribution in [3.05, 3.63) is 72.3 Å². The Morgan fingerprint density at radius 1 is 1.12 bits per heavy atom. The first kappa shape index (κ1) is 17.3. The second kappa shape index (κ2) is 7.99. The molecule has 0 saturated heterocycles. The Labute approximate surface area is 141 Å². The number of hydrogen-bond acceptors (Lipinski definition) is 4. The fourth-order valence-corrected chi connectivity index (χ4v) is 2.87. The summed E-state index contributed by atoms with van der Waals surface area (Å²) < 4.78 is 31.7. The van der Waals surface area contributed by atoms with Gasteiger partial charge >= 0.3 is 5.97 Å². The molecule has 0 radical (unpaired) electrons. The number of hydrogen-bond donors (Lipinski definition) is 1. The van der Waals surface area contributed by atoms with E-state index in [9.17, 15) is 13.2 Å². The fraction of sp³-hybridized carbons (Fsp3) is 0.0556. The van der Waals surface area contributed by atoms with Crippen molar-refractivity contribution in [2.75, 3.05) is 11.8 Å². The second-order valence-electron chi connectivity index (χ2n) is 4.63. The van der Waals surface area contributed by atoms with Crippen LogP contribution in [-0.4, -0.2) is 21.5 Å². The molecule has 2 aromatic carbocycles. The third-order valence-corrected chi connectivity index (χ3v) is 4.27. The Bertz CT molecular complexity index is 907. The maximum Gasteiger partial charge on any atom is 0.331 e. The molecule has 0 aliphatic heterocycles. The normalized spacial score (nSPS) is 10.7. The van der Waals surface area contributed by atoms with Crippen molar-refractivity contribution in [2.45, 2.75) is 4.90 Å². The lowest BCUT2D eigenvalue weighted by molar-refractivity contribution is -0.134. The summed E-state index contributed by atoms with van der Waals surface area (Å²) in [5.74, 6) is 4.91. The number of ether oxygens (including phenoxy) is 1. The van der Waals surface area contributed by atoms with Crippen molar-refractivity contribution >= 4 is 21.7 Å². The van der Waals surface area contributed by atoms with Crippen molar-refractivity contribution in [2.24, 2.45) is 0 Å². The van der Waals surface area contributed by atoms with E-state index >= 15 is 0 Å². The van der Waals surface area contributed by atoms with Gasteiger partial charge in [0.25, 0.3) is 10.0 Å². The molecule has 0 atom stereocenters. The van der Waals surface area contributed by atoms with E-state index in [1.165, 1.54) is 31.4 Å². The van der Waals surface area contributed by atoms with Gasteiger partial charge in [-0.2, -0.15) is 0 Å². The number of sulfonamides is 1. The van der Waals surface area contributed by atoms with E-state index in [0.717, 1.165) is 0 Å². The summed E-state index contributed by atoms with van der Waals surface area (Å²) in [6.45, 7) is 0. The molecule has 0 saturated carbocycles. The topological polar surface area (TPSA) is 72.5 Å². The highest BCUT2D eigenvalue weighted by Crippen LogP contribution is 2.16. The van der Waals surface area contributed by atoms with Crippen LogP contribution in [0.2, 0.25) is 0 Å². The number of benzene rings is 2. The third kappa shape index (κ3) is 5.00. The minimum absolute atomic E-state index is 0.107. The average molecular weight is 341 g/mol. The molecule has 2 rings (SSSR count). The zero-order valence-electron chi connectivity index (χ0n) is 12.9. The van der Waals surface area contributed by atoms with Crippen LogP contribution in [0.15, 0.2) is 71.6 Å². The summed E-state index contributed by atoms with van der Waals surface area (Å²) in [7, 11) is -2.42. The molecule has 0 aliphatic rings. The van der Waals surface area contributed by atoms with Gasteiger partial charge in [0.05, 0.1) is 12.0 Å². The van der Waals surface area contributed by atoms with Crippen molar-refractivity contribution < 1.29 is 17.9 Å². The van der Waals surface area contributed by atoms with Crippen molar-refractivity contribution in [3.63, 3.8) is 0 Å². The quantitative estimate of drug-likeness (QED) is 0.527. The van der Waals surface area contributed by atoms with Gasteiger partial charge in [-0.15, -0.1) is 0 Å². The van der Waals surface area contributed by atoms with Crippen LogP contribution in [-0.2, 0) is 19.6 Å². The highest BCUT2D eigenvalue weighted by Gasteiger charge is 2.13. The zero-order valence-corrected chi connectivity index (χ0v) is 13.7. The van der Waals surface area contributed by atoms with Crippen LogP contribution < -0.4 is 4.72 Å². The number of para-hydroxylation sites is 1. The number of anilines is 1. The molecule has 5 nitrogen and oxygen atoms in total. The van der Waals surface area contributed by atoms with Crippen LogP contribution in [0.1, 0.15) is 5.56 Å². The molecule has 0 aliphatic carbocycles. The van der Waals surface area contributed by atoms with Crippen molar-refractivity contribution in [3.8, 4) is 11.8 Å². The van der Waals surface area contributed by atoms with Crippen molar-refractivity contribution in [1.29, 1.82) is 0 Å². The Kier molecular flexibility index (Phi) is 5.77. The van der Waals surface area contributed by atoms with E-state index in [1.54, 1.807) is 42.5 Å². The Morgan fingerprint density at radius 3 is 2.58 bits per heavy atom. The molecule has 0 amide bonds. The standard InChI is InChI=1S/C18H15NO4S/c1-23-18(20)13-6-5-8-15-9-7-12-17(14-15)24(21,22)19-16-10-3-2-4-11-16/h2-4,6-7,9-14,19H,1H3/b13-6+. The molecular weight excluding hydrogens is 326 g/mol. The van der Waals surface area contributed by atoms with Gasteiger partial charge in [0.1, 0.15) is 0 Å². The summed E-state index contributed by atoms with van der Waals surface area (Å²) in [5, 5.41) is 0. The Balaban J connectivity index is 2.19. The molecule has 122 valence electrons. The number of carbonyl (C=O) groups is 1. The molecule has 0 fully saturated rings. The molecule has 0 unspecified atom stereocenters. The van der Waals surface area contributed by atoms with Gasteiger partial charge in [-0.3, -0.25) is 4.72 Å². The van der Waals surface area contributed by atoms with E-state index < -0.39 is 16.0 Å². The number of allylic oxidation sites excluding steroid dienone is 1. The minimum Gasteiger partial charge on any atom is -0.466 e. The molecule has 0 bridgehead atoms. The number of carbonyl (C=O) groups excluding carboxylic acids is 1. The summed E-state index contributed by atoms with van der Waals surface area (Å²) >= 11 is 0.